The molecule has 0 saturated carbocycles. The van der Waals surface area contributed by atoms with Crippen LogP contribution >= 0.6 is 23.2 Å². The van der Waals surface area contributed by atoms with Crippen molar-refractivity contribution in [2.45, 2.75) is 0 Å². The van der Waals surface area contributed by atoms with Crippen molar-refractivity contribution in [3.05, 3.63) is 51.9 Å². The number of amides is 2. The number of halogens is 2. The Balaban J connectivity index is 1.83. The van der Waals surface area contributed by atoms with Gasteiger partial charge in [0, 0.05) is 25.9 Å². The smallest absolute Gasteiger partial charge is 0.273 e. The number of carbonyl (C=O) groups excluding carboxylic acids is 2. The SMILES string of the molecule is CNC(=O)c1nn(C)cc1NC(=O)c1cc(-c2ccc(Cl)c(Cl)c2)n[nH]1. The Morgan fingerprint density at radius 3 is 2.62 bits per heavy atom. The number of aromatic amines is 1. The highest BCUT2D eigenvalue weighted by atomic mass is 35.5. The van der Waals surface area contributed by atoms with Crippen molar-refractivity contribution < 1.29 is 9.59 Å². The first-order valence-corrected chi connectivity index (χ1v) is 8.22. The van der Waals surface area contributed by atoms with Crippen molar-refractivity contribution in [2.75, 3.05) is 12.4 Å². The number of aromatic nitrogens is 4. The second kappa shape index (κ2) is 7.19. The second-order valence-electron chi connectivity index (χ2n) is 5.39. The molecule has 2 aromatic heterocycles. The lowest BCUT2D eigenvalue weighted by Gasteiger charge is -2.02. The molecule has 0 radical (unpaired) electrons. The van der Waals surface area contributed by atoms with Crippen molar-refractivity contribution in [3.8, 4) is 11.3 Å². The number of rotatable bonds is 4. The summed E-state index contributed by atoms with van der Waals surface area (Å²) in [5.74, 6) is -0.857. The van der Waals surface area contributed by atoms with Crippen molar-refractivity contribution >= 4 is 40.7 Å². The lowest BCUT2D eigenvalue weighted by atomic mass is 10.1. The van der Waals surface area contributed by atoms with Gasteiger partial charge in [-0.2, -0.15) is 10.2 Å². The van der Waals surface area contributed by atoms with Gasteiger partial charge in [0.25, 0.3) is 11.8 Å². The zero-order chi connectivity index (χ0) is 18.8. The summed E-state index contributed by atoms with van der Waals surface area (Å²) in [4.78, 5) is 24.3. The van der Waals surface area contributed by atoms with E-state index in [2.05, 4.69) is 25.9 Å². The minimum absolute atomic E-state index is 0.118. The Labute approximate surface area is 158 Å². The lowest BCUT2D eigenvalue weighted by molar-refractivity contribution is 0.0958. The van der Waals surface area contributed by atoms with E-state index in [1.54, 1.807) is 37.5 Å². The molecular formula is C16H14Cl2N6O2. The number of aryl methyl sites for hydroxylation is 1. The van der Waals surface area contributed by atoms with E-state index in [1.807, 2.05) is 0 Å². The van der Waals surface area contributed by atoms with Gasteiger partial charge in [-0.1, -0.05) is 29.3 Å². The van der Waals surface area contributed by atoms with Crippen LogP contribution in [0.1, 0.15) is 21.0 Å². The fourth-order valence-electron chi connectivity index (χ4n) is 2.30. The van der Waals surface area contributed by atoms with E-state index < -0.39 is 11.8 Å². The van der Waals surface area contributed by atoms with Gasteiger partial charge in [0.05, 0.1) is 21.4 Å². The minimum atomic E-state index is -0.457. The summed E-state index contributed by atoms with van der Waals surface area (Å²) in [5.41, 5.74) is 1.88. The molecule has 3 rings (SSSR count). The van der Waals surface area contributed by atoms with Crippen LogP contribution < -0.4 is 10.6 Å². The number of carbonyl (C=O) groups is 2. The molecule has 0 aliphatic heterocycles. The number of hydrogen-bond donors (Lipinski definition) is 3. The fraction of sp³-hybridized carbons (Fsp3) is 0.125. The number of nitrogens with zero attached hydrogens (tertiary/aromatic N) is 3. The van der Waals surface area contributed by atoms with Crippen LogP contribution in [0.2, 0.25) is 10.0 Å². The molecule has 134 valence electrons. The van der Waals surface area contributed by atoms with E-state index in [9.17, 15) is 9.59 Å². The van der Waals surface area contributed by atoms with E-state index in [0.717, 1.165) is 0 Å². The Morgan fingerprint density at radius 2 is 1.92 bits per heavy atom. The van der Waals surface area contributed by atoms with E-state index in [-0.39, 0.29) is 11.4 Å². The van der Waals surface area contributed by atoms with Crippen LogP contribution in [0, 0.1) is 0 Å². The number of benzene rings is 1. The zero-order valence-electron chi connectivity index (χ0n) is 13.8. The predicted molar refractivity (Wildman–Crippen MR) is 98.6 cm³/mol. The number of hydrogen-bond acceptors (Lipinski definition) is 4. The maximum absolute atomic E-state index is 12.5. The second-order valence-corrected chi connectivity index (χ2v) is 6.21. The van der Waals surface area contributed by atoms with Gasteiger partial charge in [0.2, 0.25) is 0 Å². The molecule has 3 N–H and O–H groups in total. The lowest BCUT2D eigenvalue weighted by Crippen LogP contribution is -2.21. The van der Waals surface area contributed by atoms with Crippen LogP contribution in [-0.2, 0) is 7.05 Å². The first-order valence-electron chi connectivity index (χ1n) is 7.47. The van der Waals surface area contributed by atoms with Gasteiger partial charge in [-0.05, 0) is 18.2 Å². The first kappa shape index (κ1) is 18.0. The highest BCUT2D eigenvalue weighted by molar-refractivity contribution is 6.42. The summed E-state index contributed by atoms with van der Waals surface area (Å²) < 4.78 is 1.44. The predicted octanol–water partition coefficient (Wildman–Crippen LogP) is 2.73. The largest absolute Gasteiger partial charge is 0.354 e. The summed E-state index contributed by atoms with van der Waals surface area (Å²) in [6, 6.07) is 6.63. The molecule has 0 fully saturated rings. The normalized spacial score (nSPS) is 10.6. The molecule has 0 atom stereocenters. The molecule has 26 heavy (non-hydrogen) atoms. The quantitative estimate of drug-likeness (QED) is 0.634. The van der Waals surface area contributed by atoms with E-state index in [0.29, 0.717) is 27.0 Å². The number of nitrogens with one attached hydrogen (secondary N) is 3. The van der Waals surface area contributed by atoms with Crippen LogP contribution in [0.5, 0.6) is 0 Å². The Bertz CT molecular complexity index is 995. The molecule has 0 bridgehead atoms. The third-order valence-electron chi connectivity index (χ3n) is 3.56. The molecular weight excluding hydrogens is 379 g/mol. The third kappa shape index (κ3) is 3.56. The average Bonchev–Trinajstić information content (AvgIpc) is 3.23. The molecule has 0 spiro atoms. The van der Waals surface area contributed by atoms with Gasteiger partial charge in [-0.3, -0.25) is 19.4 Å². The topological polar surface area (TPSA) is 105 Å². The molecule has 0 aliphatic carbocycles. The summed E-state index contributed by atoms with van der Waals surface area (Å²) >= 11 is 11.9. The molecule has 0 saturated heterocycles. The van der Waals surface area contributed by atoms with Crippen molar-refractivity contribution in [3.63, 3.8) is 0 Å². The van der Waals surface area contributed by atoms with Gasteiger partial charge < -0.3 is 10.6 Å². The maximum atomic E-state index is 12.5. The summed E-state index contributed by atoms with van der Waals surface area (Å²) in [6.07, 6.45) is 1.54. The van der Waals surface area contributed by atoms with Gasteiger partial charge >= 0.3 is 0 Å². The Hall–Kier alpha value is -2.84. The maximum Gasteiger partial charge on any atom is 0.273 e. The molecule has 2 heterocycles. The highest BCUT2D eigenvalue weighted by Crippen LogP contribution is 2.28. The molecule has 10 heteroatoms. The van der Waals surface area contributed by atoms with Crippen molar-refractivity contribution in [2.24, 2.45) is 7.05 Å². The van der Waals surface area contributed by atoms with Gasteiger partial charge in [0.15, 0.2) is 5.69 Å². The summed E-state index contributed by atoms with van der Waals surface area (Å²) in [5, 5.41) is 16.8. The van der Waals surface area contributed by atoms with Gasteiger partial charge in [-0.15, -0.1) is 0 Å². The monoisotopic (exact) mass is 392 g/mol. The van der Waals surface area contributed by atoms with E-state index in [1.165, 1.54) is 11.7 Å². The molecule has 8 nitrogen and oxygen atoms in total. The van der Waals surface area contributed by atoms with Crippen LogP contribution in [0.25, 0.3) is 11.3 Å². The molecule has 0 unspecified atom stereocenters. The minimum Gasteiger partial charge on any atom is -0.354 e. The Kier molecular flexibility index (Phi) is 4.97. The van der Waals surface area contributed by atoms with Crippen LogP contribution in [-0.4, -0.2) is 38.8 Å². The van der Waals surface area contributed by atoms with Crippen molar-refractivity contribution in [1.82, 2.24) is 25.3 Å². The van der Waals surface area contributed by atoms with Gasteiger partial charge in [0.1, 0.15) is 5.69 Å². The molecule has 1 aromatic carbocycles. The van der Waals surface area contributed by atoms with Crippen LogP contribution in [0.4, 0.5) is 5.69 Å². The molecule has 0 aliphatic rings. The average molecular weight is 393 g/mol. The van der Waals surface area contributed by atoms with Crippen molar-refractivity contribution in [1.29, 1.82) is 0 Å². The summed E-state index contributed by atoms with van der Waals surface area (Å²) in [6.45, 7) is 0. The van der Waals surface area contributed by atoms with Crippen LogP contribution in [0.3, 0.4) is 0 Å². The fourth-order valence-corrected chi connectivity index (χ4v) is 2.60. The van der Waals surface area contributed by atoms with Gasteiger partial charge in [-0.25, -0.2) is 0 Å². The van der Waals surface area contributed by atoms with E-state index in [4.69, 9.17) is 23.2 Å². The number of anilines is 1. The van der Waals surface area contributed by atoms with Crippen LogP contribution in [0.15, 0.2) is 30.5 Å². The molecule has 2 amide bonds. The Morgan fingerprint density at radius 1 is 1.15 bits per heavy atom. The third-order valence-corrected chi connectivity index (χ3v) is 4.30. The summed E-state index contributed by atoms with van der Waals surface area (Å²) in [7, 11) is 3.14. The standard InChI is InChI=1S/C16H14Cl2N6O2/c1-19-16(26)14-13(7-24(2)23-14)20-15(25)12-6-11(21-22-12)8-3-4-9(17)10(18)5-8/h3-7H,1-2H3,(H,19,26)(H,20,25)(H,21,22). The zero-order valence-corrected chi connectivity index (χ0v) is 15.3. The van der Waals surface area contributed by atoms with E-state index >= 15 is 0 Å². The molecule has 3 aromatic rings. The first-order chi connectivity index (χ1) is 12.4. The highest BCUT2D eigenvalue weighted by Gasteiger charge is 2.19. The number of H-pyrrole nitrogens is 1.